The summed E-state index contributed by atoms with van der Waals surface area (Å²) in [6, 6.07) is 1.59. The van der Waals surface area contributed by atoms with Crippen LogP contribution in [0.15, 0.2) is 15.5 Å². The van der Waals surface area contributed by atoms with Crippen LogP contribution in [-0.4, -0.2) is 34.8 Å². The minimum Gasteiger partial charge on any atom is -0.360 e. The van der Waals surface area contributed by atoms with Gasteiger partial charge in [0.2, 0.25) is 15.9 Å². The van der Waals surface area contributed by atoms with Crippen molar-refractivity contribution in [1.29, 1.82) is 0 Å². The number of nitrogens with zero attached hydrogens (tertiary/aromatic N) is 3. The van der Waals surface area contributed by atoms with Crippen molar-refractivity contribution in [3.05, 3.63) is 23.2 Å². The lowest BCUT2D eigenvalue weighted by Gasteiger charge is -2.20. The molecule has 0 spiro atoms. The lowest BCUT2D eigenvalue weighted by molar-refractivity contribution is -0.117. The molecule has 0 saturated carbocycles. The average molecular weight is 369 g/mol. The molecule has 2 rings (SSSR count). The topological polar surface area (TPSA) is 119 Å². The Bertz CT molecular complexity index is 890. The van der Waals surface area contributed by atoms with E-state index >= 15 is 0 Å². The highest BCUT2D eigenvalue weighted by Gasteiger charge is 2.29. The van der Waals surface area contributed by atoms with Gasteiger partial charge in [-0.2, -0.15) is 5.10 Å². The predicted octanol–water partition coefficient (Wildman–Crippen LogP) is 1.51. The van der Waals surface area contributed by atoms with Gasteiger partial charge in [-0.1, -0.05) is 5.16 Å². The van der Waals surface area contributed by atoms with Crippen LogP contribution in [-0.2, 0) is 21.4 Å². The standard InChI is InChI=1S/C15H23N5O4S/c1-9-7-12(18-24-9)16-13(21)8-20-11(3)14(10(2)17-20)25(22,23)19-15(4,5)6/h7,19H,8H2,1-6H3,(H,16,18,21). The van der Waals surface area contributed by atoms with Gasteiger partial charge in [-0.25, -0.2) is 13.1 Å². The molecule has 2 aromatic heterocycles. The minimum absolute atomic E-state index is 0.0903. The first-order valence-electron chi connectivity index (χ1n) is 7.70. The van der Waals surface area contributed by atoms with Gasteiger partial charge < -0.3 is 9.84 Å². The number of hydrogen-bond donors (Lipinski definition) is 2. The first kappa shape index (κ1) is 19.1. The number of sulfonamides is 1. The van der Waals surface area contributed by atoms with Gasteiger partial charge in [0.05, 0.1) is 11.4 Å². The Balaban J connectivity index is 2.23. The Morgan fingerprint density at radius 2 is 1.92 bits per heavy atom. The second-order valence-corrected chi connectivity index (χ2v) is 8.50. The molecule has 2 aromatic rings. The molecule has 25 heavy (non-hydrogen) atoms. The Hall–Kier alpha value is -2.20. The number of carbonyl (C=O) groups is 1. The molecule has 0 bridgehead atoms. The summed E-state index contributed by atoms with van der Waals surface area (Å²) in [5, 5.41) is 10.4. The van der Waals surface area contributed by atoms with Crippen molar-refractivity contribution >= 4 is 21.7 Å². The predicted molar refractivity (Wildman–Crippen MR) is 91.6 cm³/mol. The lowest BCUT2D eigenvalue weighted by atomic mass is 10.1. The van der Waals surface area contributed by atoms with Crippen LogP contribution in [0.2, 0.25) is 0 Å². The zero-order valence-electron chi connectivity index (χ0n) is 15.2. The first-order valence-corrected chi connectivity index (χ1v) is 9.18. The van der Waals surface area contributed by atoms with Crippen LogP contribution in [0, 0.1) is 20.8 Å². The normalized spacial score (nSPS) is 12.4. The van der Waals surface area contributed by atoms with Crippen molar-refractivity contribution in [3.8, 4) is 0 Å². The summed E-state index contributed by atoms with van der Waals surface area (Å²) in [6.07, 6.45) is 0. The molecule has 138 valence electrons. The monoisotopic (exact) mass is 369 g/mol. The molecule has 9 nitrogen and oxygen atoms in total. The molecule has 0 unspecified atom stereocenters. The van der Waals surface area contributed by atoms with Gasteiger partial charge in [0.25, 0.3) is 0 Å². The molecule has 0 fully saturated rings. The third kappa shape index (κ3) is 4.67. The maximum absolute atomic E-state index is 12.6. The second kappa shape index (κ2) is 6.60. The molecular weight excluding hydrogens is 346 g/mol. The summed E-state index contributed by atoms with van der Waals surface area (Å²) in [5.41, 5.74) is 0.0993. The fourth-order valence-electron chi connectivity index (χ4n) is 2.42. The quantitative estimate of drug-likeness (QED) is 0.824. The van der Waals surface area contributed by atoms with E-state index in [0.717, 1.165) is 0 Å². The van der Waals surface area contributed by atoms with Crippen molar-refractivity contribution in [3.63, 3.8) is 0 Å². The highest BCUT2D eigenvalue weighted by molar-refractivity contribution is 7.89. The Morgan fingerprint density at radius 3 is 2.44 bits per heavy atom. The van der Waals surface area contributed by atoms with Crippen molar-refractivity contribution in [1.82, 2.24) is 19.7 Å². The Labute approximate surface area is 146 Å². The highest BCUT2D eigenvalue weighted by Crippen LogP contribution is 2.21. The molecule has 2 N–H and O–H groups in total. The summed E-state index contributed by atoms with van der Waals surface area (Å²) >= 11 is 0. The van der Waals surface area contributed by atoms with E-state index in [1.54, 1.807) is 47.6 Å². The molecule has 10 heteroatoms. The zero-order valence-corrected chi connectivity index (χ0v) is 16.0. The van der Waals surface area contributed by atoms with Crippen molar-refractivity contribution in [2.24, 2.45) is 0 Å². The molecule has 0 aliphatic carbocycles. The molecule has 0 aromatic carbocycles. The summed E-state index contributed by atoms with van der Waals surface area (Å²) in [7, 11) is -3.74. The molecule has 0 aliphatic rings. The number of amides is 1. The smallest absolute Gasteiger partial charge is 0.247 e. The van der Waals surface area contributed by atoms with Crippen LogP contribution >= 0.6 is 0 Å². The van der Waals surface area contributed by atoms with E-state index in [2.05, 4.69) is 20.3 Å². The van der Waals surface area contributed by atoms with E-state index in [4.69, 9.17) is 4.52 Å². The number of hydrogen-bond acceptors (Lipinski definition) is 6. The van der Waals surface area contributed by atoms with Gasteiger partial charge in [0, 0.05) is 11.6 Å². The van der Waals surface area contributed by atoms with Crippen LogP contribution in [0.3, 0.4) is 0 Å². The van der Waals surface area contributed by atoms with Gasteiger partial charge >= 0.3 is 0 Å². The maximum atomic E-state index is 12.6. The van der Waals surface area contributed by atoms with E-state index in [1.165, 1.54) is 4.68 Å². The summed E-state index contributed by atoms with van der Waals surface area (Å²) < 4.78 is 34.0. The van der Waals surface area contributed by atoms with Crippen LogP contribution in [0.1, 0.15) is 37.9 Å². The average Bonchev–Trinajstić information content (AvgIpc) is 2.91. The number of anilines is 1. The van der Waals surface area contributed by atoms with Crippen LogP contribution in [0.25, 0.3) is 0 Å². The Kier molecular flexibility index (Phi) is 5.05. The lowest BCUT2D eigenvalue weighted by Crippen LogP contribution is -2.40. The third-order valence-corrected chi connectivity index (χ3v) is 5.22. The molecule has 0 atom stereocenters. The molecule has 0 aliphatic heterocycles. The number of carbonyl (C=O) groups excluding carboxylic acids is 1. The van der Waals surface area contributed by atoms with Gasteiger partial charge in [0.1, 0.15) is 17.2 Å². The summed E-state index contributed by atoms with van der Waals surface area (Å²) in [5.74, 6) is 0.487. The fourth-order valence-corrected chi connectivity index (χ4v) is 4.25. The first-order chi connectivity index (χ1) is 11.4. The van der Waals surface area contributed by atoms with Crippen LogP contribution in [0.5, 0.6) is 0 Å². The summed E-state index contributed by atoms with van der Waals surface area (Å²) in [6.45, 7) is 10.1. The van der Waals surface area contributed by atoms with E-state index in [9.17, 15) is 13.2 Å². The number of rotatable bonds is 5. The zero-order chi connectivity index (χ0) is 19.0. The second-order valence-electron chi connectivity index (χ2n) is 6.88. The van der Waals surface area contributed by atoms with E-state index in [-0.39, 0.29) is 17.3 Å². The van der Waals surface area contributed by atoms with Gasteiger partial charge in [-0.05, 0) is 41.5 Å². The largest absolute Gasteiger partial charge is 0.360 e. The number of aromatic nitrogens is 3. The molecular formula is C15H23N5O4S. The van der Waals surface area contributed by atoms with Crippen molar-refractivity contribution < 1.29 is 17.7 Å². The molecule has 2 heterocycles. The highest BCUT2D eigenvalue weighted by atomic mass is 32.2. The van der Waals surface area contributed by atoms with Gasteiger partial charge in [-0.15, -0.1) is 0 Å². The molecule has 0 saturated heterocycles. The summed E-state index contributed by atoms with van der Waals surface area (Å²) in [4.78, 5) is 12.2. The SMILES string of the molecule is Cc1cc(NC(=O)Cn2nc(C)c(S(=O)(=O)NC(C)(C)C)c2C)no1. The Morgan fingerprint density at radius 1 is 1.28 bits per heavy atom. The number of nitrogens with one attached hydrogen (secondary N) is 2. The number of aryl methyl sites for hydroxylation is 2. The van der Waals surface area contributed by atoms with Crippen molar-refractivity contribution in [2.45, 2.75) is 58.5 Å². The minimum atomic E-state index is -3.74. The third-order valence-electron chi connectivity index (χ3n) is 3.21. The van der Waals surface area contributed by atoms with E-state index in [1.807, 2.05) is 0 Å². The van der Waals surface area contributed by atoms with Crippen LogP contribution < -0.4 is 10.0 Å². The van der Waals surface area contributed by atoms with Crippen LogP contribution in [0.4, 0.5) is 5.82 Å². The maximum Gasteiger partial charge on any atom is 0.247 e. The molecule has 0 radical (unpaired) electrons. The van der Waals surface area contributed by atoms with Gasteiger partial charge in [-0.3, -0.25) is 9.48 Å². The van der Waals surface area contributed by atoms with Crippen molar-refractivity contribution in [2.75, 3.05) is 5.32 Å². The fraction of sp³-hybridized carbons (Fsp3) is 0.533. The van der Waals surface area contributed by atoms with Gasteiger partial charge in [0.15, 0.2) is 5.82 Å². The van der Waals surface area contributed by atoms with E-state index in [0.29, 0.717) is 23.0 Å². The van der Waals surface area contributed by atoms with E-state index < -0.39 is 15.6 Å². The molecule has 1 amide bonds.